The number of rotatable bonds is 18. The summed E-state index contributed by atoms with van der Waals surface area (Å²) in [5, 5.41) is 21.5. The van der Waals surface area contributed by atoms with Crippen molar-refractivity contribution in [1.29, 1.82) is 0 Å². The van der Waals surface area contributed by atoms with Gasteiger partial charge in [-0.2, -0.15) is 0 Å². The Morgan fingerprint density at radius 1 is 0.511 bits per heavy atom. The second-order valence-electron chi connectivity index (χ2n) is 24.2. The zero-order valence-electron chi connectivity index (χ0n) is 57.3. The molecule has 0 bridgehead atoms. The number of carbonyl (C=O) groups is 4. The van der Waals surface area contributed by atoms with Crippen molar-refractivity contribution in [2.24, 2.45) is 0 Å². The molecule has 10 rings (SSSR count). The van der Waals surface area contributed by atoms with E-state index >= 15 is 0 Å². The molecule has 94 heavy (non-hydrogen) atoms. The summed E-state index contributed by atoms with van der Waals surface area (Å²) in [6.07, 6.45) is 6.51. The number of nitrogens with zero attached hydrogens (tertiary/aromatic N) is 6. The fraction of sp³-hybridized carbons (Fsp3) is 0.351. The van der Waals surface area contributed by atoms with Crippen LogP contribution in [0.3, 0.4) is 0 Å². The Morgan fingerprint density at radius 3 is 1.26 bits per heavy atom. The van der Waals surface area contributed by atoms with Gasteiger partial charge >= 0.3 is 11.9 Å². The van der Waals surface area contributed by atoms with Gasteiger partial charge in [-0.1, -0.05) is 55.5 Å². The molecule has 0 spiro atoms. The van der Waals surface area contributed by atoms with Crippen LogP contribution in [0.15, 0.2) is 144 Å². The zero-order valence-corrected chi connectivity index (χ0v) is 58.1. The van der Waals surface area contributed by atoms with E-state index in [0.29, 0.717) is 13.0 Å². The van der Waals surface area contributed by atoms with E-state index in [1.807, 2.05) is 154 Å². The van der Waals surface area contributed by atoms with Gasteiger partial charge in [-0.05, 0) is 229 Å². The summed E-state index contributed by atoms with van der Waals surface area (Å²) in [7, 11) is 25.0. The summed E-state index contributed by atoms with van der Waals surface area (Å²) < 4.78 is 16.0. The van der Waals surface area contributed by atoms with Crippen LogP contribution in [0, 0.1) is 0 Å². The highest BCUT2D eigenvalue weighted by atomic mass is 35.5. The van der Waals surface area contributed by atoms with E-state index in [2.05, 4.69) is 112 Å². The van der Waals surface area contributed by atoms with Crippen molar-refractivity contribution in [2.75, 3.05) is 146 Å². The van der Waals surface area contributed by atoms with Crippen molar-refractivity contribution in [1.82, 2.24) is 20.0 Å². The predicted molar refractivity (Wildman–Crippen MR) is 394 cm³/mol. The van der Waals surface area contributed by atoms with Crippen molar-refractivity contribution < 1.29 is 43.6 Å². The molecule has 3 aliphatic carbocycles. The van der Waals surface area contributed by atoms with Gasteiger partial charge in [0.25, 0.3) is 0 Å². The fourth-order valence-corrected chi connectivity index (χ4v) is 11.0. The number of fused-ring (bicyclic) bond motifs is 3. The Morgan fingerprint density at radius 2 is 0.894 bits per heavy atom. The van der Waals surface area contributed by atoms with Crippen LogP contribution in [0.1, 0.15) is 102 Å². The van der Waals surface area contributed by atoms with Gasteiger partial charge in [0.1, 0.15) is 23.5 Å². The maximum atomic E-state index is 13.0. The minimum absolute atomic E-state index is 0. The van der Waals surface area contributed by atoms with Gasteiger partial charge in [-0.3, -0.25) is 19.2 Å². The number of halogens is 1. The molecule has 0 unspecified atom stereocenters. The summed E-state index contributed by atoms with van der Waals surface area (Å²) in [5.74, 6) is 0.827. The monoisotopic (exact) mass is 1300 g/mol. The topological polar surface area (TPSA) is 168 Å². The summed E-state index contributed by atoms with van der Waals surface area (Å²) in [6, 6.07) is 42.1. The molecule has 1 fully saturated rings. The Bertz CT molecular complexity index is 3690. The minimum Gasteiger partial charge on any atom is -0.497 e. The van der Waals surface area contributed by atoms with E-state index in [-0.39, 0.29) is 38.6 Å². The Hall–Kier alpha value is -8.93. The highest BCUT2D eigenvalue weighted by Crippen LogP contribution is 2.47. The number of hydrogen-bond donors (Lipinski definition) is 3. The minimum atomic E-state index is -0.829. The summed E-state index contributed by atoms with van der Waals surface area (Å²) in [4.78, 5) is 57.8. The normalized spacial score (nSPS) is 14.2. The average molecular weight is 1300 g/mol. The third-order valence-electron chi connectivity index (χ3n) is 16.6. The molecule has 0 radical (unpaired) electrons. The molecule has 0 atom stereocenters. The number of carboxylic acid groups (broad SMARTS) is 2. The van der Waals surface area contributed by atoms with Crippen LogP contribution in [0.5, 0.6) is 17.2 Å². The highest BCUT2D eigenvalue weighted by Gasteiger charge is 2.28. The summed E-state index contributed by atoms with van der Waals surface area (Å²) in [6.45, 7) is 12.4. The molecular weight excluding hydrogens is 1200 g/mol. The molecule has 1 aliphatic heterocycles. The highest BCUT2D eigenvalue weighted by molar-refractivity contribution is 6.09. The van der Waals surface area contributed by atoms with Crippen molar-refractivity contribution in [3.63, 3.8) is 0 Å². The van der Waals surface area contributed by atoms with Crippen LogP contribution in [-0.4, -0.2) is 180 Å². The van der Waals surface area contributed by atoms with Crippen molar-refractivity contribution in [3.05, 3.63) is 194 Å². The molecular formula is C77H100ClN7O9. The Kier molecular flexibility index (Phi) is 30.6. The molecule has 504 valence electrons. The van der Waals surface area contributed by atoms with Crippen LogP contribution in [0.4, 0.5) is 17.1 Å². The van der Waals surface area contributed by atoms with Gasteiger partial charge in [0.05, 0.1) is 40.6 Å². The van der Waals surface area contributed by atoms with Gasteiger partial charge < -0.3 is 59.1 Å². The van der Waals surface area contributed by atoms with Crippen molar-refractivity contribution in [2.45, 2.75) is 53.9 Å². The van der Waals surface area contributed by atoms with Gasteiger partial charge in [0.15, 0.2) is 0 Å². The molecule has 0 aromatic heterocycles. The number of nitrogens with one attached hydrogen (secondary N) is 1. The number of ether oxygens (including phenoxy) is 3. The quantitative estimate of drug-likeness (QED) is 0.0695. The lowest BCUT2D eigenvalue weighted by molar-refractivity contribution is -0.136. The third kappa shape index (κ3) is 21.6. The molecule has 6 aromatic rings. The number of piperazine rings is 1. The SMILES string of the molecule is C.CN(C)c1ccc(C=O)cc1.CN1CCNCC1.COc1ccc2c(c1)C(CC(=O)N(C)CCN(C)C)=C(C)/C2=C/c1ccc(N(C)C)cc1.COc1ccc2c(c1)C(CC(=O)O)=C(C)/C2=C/c1ccc(N(C)C)cc1.COc1ccc2c(c1)C(CC(=O)O)=C(C)C2.Cl. The van der Waals surface area contributed by atoms with Crippen molar-refractivity contribution in [3.8, 4) is 17.2 Å². The average Bonchev–Trinajstić information content (AvgIpc) is 1.73. The molecule has 17 heteroatoms. The van der Waals surface area contributed by atoms with Crippen LogP contribution in [0.25, 0.3) is 40.0 Å². The molecule has 0 saturated carbocycles. The number of likely N-dealkylation sites (N-methyl/N-ethyl adjacent to an activating group) is 3. The van der Waals surface area contributed by atoms with Gasteiger partial charge in [-0.15, -0.1) is 12.4 Å². The fourth-order valence-electron chi connectivity index (χ4n) is 11.0. The molecule has 3 N–H and O–H groups in total. The molecule has 4 aliphatic rings. The first-order valence-electron chi connectivity index (χ1n) is 30.9. The molecule has 1 amide bonds. The lowest BCUT2D eigenvalue weighted by Gasteiger charge is -2.21. The maximum Gasteiger partial charge on any atom is 0.307 e. The Balaban J connectivity index is 0.000000270. The van der Waals surface area contributed by atoms with E-state index in [9.17, 15) is 24.3 Å². The van der Waals surface area contributed by atoms with Gasteiger partial charge in [0.2, 0.25) is 5.91 Å². The van der Waals surface area contributed by atoms with Crippen LogP contribution < -0.4 is 34.2 Å². The zero-order chi connectivity index (χ0) is 67.3. The third-order valence-corrected chi connectivity index (χ3v) is 16.6. The van der Waals surface area contributed by atoms with Gasteiger partial charge in [0, 0.05) is 111 Å². The summed E-state index contributed by atoms with van der Waals surface area (Å²) >= 11 is 0. The number of allylic oxidation sites excluding steroid dienone is 5. The maximum absolute atomic E-state index is 13.0. The molecule has 6 aromatic carbocycles. The summed E-state index contributed by atoms with van der Waals surface area (Å²) in [5.41, 5.74) is 21.2. The standard InChI is InChI=1S/C27H35N3O2.C22H23NO3.C13H14O3.C9H11NO.C5H12N2.CH4.ClH/c1-19-24(16-20-8-10-21(11-9-20)29(4)5)23-13-12-22(32-7)17-26(23)25(19)18-27(31)30(6)15-14-28(2)3;1-14-19(11-15-5-7-16(8-6-15)23(2)3)18-10-9-17(26-4)12-21(18)20(14)13-22(24)25;1-8-5-9-3-4-10(16-2)6-12(9)11(8)7-13(14)15;1-10(2)9-5-3-8(7-11)4-6-9;1-7-4-2-6-3-5-7;;/h8-13,16-17H,14-15,18H2,1-7H3;5-12H,13H2,1-4H3,(H,24,25);3-4,6H,5,7H2,1-2H3,(H,14,15);3-7H,1-2H3;6H,2-5H2,1H3;1H4;1H/b24-16-;19-11-;;;;;. The smallest absolute Gasteiger partial charge is 0.307 e. The number of aliphatic carboxylic acids is 2. The first kappa shape index (κ1) is 77.5. The predicted octanol–water partition coefficient (Wildman–Crippen LogP) is 13.7. The van der Waals surface area contributed by atoms with E-state index in [0.717, 1.165) is 144 Å². The van der Waals surface area contributed by atoms with E-state index in [1.54, 1.807) is 21.3 Å². The van der Waals surface area contributed by atoms with Crippen LogP contribution in [0.2, 0.25) is 0 Å². The first-order chi connectivity index (χ1) is 43.9. The van der Waals surface area contributed by atoms with Gasteiger partial charge in [-0.25, -0.2) is 0 Å². The van der Waals surface area contributed by atoms with Crippen LogP contribution in [-0.2, 0) is 20.8 Å². The number of aldehydes is 1. The second kappa shape index (κ2) is 37.1. The molecule has 1 saturated heterocycles. The number of carboxylic acids is 2. The Labute approximate surface area is 565 Å². The number of benzene rings is 6. The van der Waals surface area contributed by atoms with E-state index in [4.69, 9.17) is 19.3 Å². The lowest BCUT2D eigenvalue weighted by atomic mass is 10.00. The number of amides is 1. The molecule has 16 nitrogen and oxygen atoms in total. The number of methoxy groups -OCH3 is 3. The van der Waals surface area contributed by atoms with Crippen molar-refractivity contribution >= 4 is 93.6 Å². The first-order valence-corrected chi connectivity index (χ1v) is 30.9. The number of anilines is 3. The largest absolute Gasteiger partial charge is 0.497 e. The van der Waals surface area contributed by atoms with E-state index < -0.39 is 11.9 Å². The van der Waals surface area contributed by atoms with Crippen LogP contribution >= 0.6 is 12.4 Å². The lowest BCUT2D eigenvalue weighted by Crippen LogP contribution is -2.40. The number of carbonyl (C=O) groups excluding carboxylic acids is 2. The van der Waals surface area contributed by atoms with E-state index in [1.165, 1.54) is 29.9 Å². The molecule has 1 heterocycles. The number of hydrogen-bond acceptors (Lipinski definition) is 13. The second-order valence-corrected chi connectivity index (χ2v) is 24.2.